The Balaban J connectivity index is 1.84. The first-order chi connectivity index (χ1) is 8.19. The van der Waals surface area contributed by atoms with Crippen molar-refractivity contribution in [2.45, 2.75) is 57.8 Å². The van der Waals surface area contributed by atoms with E-state index in [1.807, 2.05) is 0 Å². The lowest BCUT2D eigenvalue weighted by molar-refractivity contribution is -0.153. The van der Waals surface area contributed by atoms with Crippen LogP contribution < -0.4 is 0 Å². The maximum atomic E-state index is 11.6. The number of carboxylic acid groups (broad SMARTS) is 1. The van der Waals surface area contributed by atoms with Gasteiger partial charge in [0.15, 0.2) is 0 Å². The predicted molar refractivity (Wildman–Crippen MR) is 65.7 cm³/mol. The van der Waals surface area contributed by atoms with Crippen LogP contribution in [0.4, 0.5) is 0 Å². The second-order valence-electron chi connectivity index (χ2n) is 5.93. The molecule has 3 nitrogen and oxygen atoms in total. The van der Waals surface area contributed by atoms with Crippen molar-refractivity contribution in [1.82, 2.24) is 0 Å². The lowest BCUT2D eigenvalue weighted by Gasteiger charge is -2.33. The fourth-order valence-electron chi connectivity index (χ4n) is 4.02. The van der Waals surface area contributed by atoms with Gasteiger partial charge in [-0.05, 0) is 43.9 Å². The predicted octanol–water partition coefficient (Wildman–Crippen LogP) is 2.82. The Morgan fingerprint density at radius 1 is 1.18 bits per heavy atom. The highest BCUT2D eigenvalue weighted by molar-refractivity contribution is 5.75. The molecule has 2 N–H and O–H groups in total. The van der Waals surface area contributed by atoms with Gasteiger partial charge in [0, 0.05) is 6.61 Å². The first-order valence-electron chi connectivity index (χ1n) is 7.03. The molecule has 0 saturated heterocycles. The zero-order chi connectivity index (χ0) is 12.3. The van der Waals surface area contributed by atoms with Gasteiger partial charge in [-0.25, -0.2) is 0 Å². The summed E-state index contributed by atoms with van der Waals surface area (Å²) in [5, 5.41) is 18.3. The summed E-state index contributed by atoms with van der Waals surface area (Å²) in [5.74, 6) is 0.586. The van der Waals surface area contributed by atoms with Gasteiger partial charge in [-0.3, -0.25) is 4.79 Å². The van der Waals surface area contributed by atoms with Crippen LogP contribution in [0.25, 0.3) is 0 Å². The monoisotopic (exact) mass is 240 g/mol. The lowest BCUT2D eigenvalue weighted by atomic mass is 9.70. The fourth-order valence-corrected chi connectivity index (χ4v) is 4.02. The van der Waals surface area contributed by atoms with E-state index in [9.17, 15) is 9.90 Å². The number of unbranched alkanes of at least 4 members (excludes halogenated alkanes) is 3. The third-order valence-corrected chi connectivity index (χ3v) is 4.93. The molecular weight excluding hydrogens is 216 g/mol. The van der Waals surface area contributed by atoms with Crippen LogP contribution in [0, 0.1) is 17.3 Å². The molecule has 2 aliphatic carbocycles. The molecular formula is C14H24O3. The first kappa shape index (κ1) is 12.9. The normalized spacial score (nSPS) is 35.4. The molecule has 0 aliphatic heterocycles. The summed E-state index contributed by atoms with van der Waals surface area (Å²) in [5.41, 5.74) is -0.387. The van der Waals surface area contributed by atoms with Crippen molar-refractivity contribution < 1.29 is 15.0 Å². The number of fused-ring (bicyclic) bond motifs is 2. The van der Waals surface area contributed by atoms with E-state index < -0.39 is 5.97 Å². The van der Waals surface area contributed by atoms with Crippen LogP contribution in [-0.2, 0) is 4.79 Å². The van der Waals surface area contributed by atoms with Crippen LogP contribution in [0.1, 0.15) is 57.8 Å². The lowest BCUT2D eigenvalue weighted by Crippen LogP contribution is -2.36. The molecule has 0 aromatic rings. The molecule has 98 valence electrons. The summed E-state index contributed by atoms with van der Waals surface area (Å²) in [6, 6.07) is 0. The highest BCUT2D eigenvalue weighted by atomic mass is 16.4. The second-order valence-corrected chi connectivity index (χ2v) is 5.93. The Morgan fingerprint density at radius 3 is 2.47 bits per heavy atom. The van der Waals surface area contributed by atoms with Gasteiger partial charge in [-0.15, -0.1) is 0 Å². The van der Waals surface area contributed by atoms with E-state index in [-0.39, 0.29) is 12.0 Å². The van der Waals surface area contributed by atoms with Crippen LogP contribution in [0.2, 0.25) is 0 Å². The number of hydrogen-bond acceptors (Lipinski definition) is 2. The molecule has 2 saturated carbocycles. The van der Waals surface area contributed by atoms with E-state index >= 15 is 0 Å². The molecule has 3 unspecified atom stereocenters. The Kier molecular flexibility index (Phi) is 4.08. The van der Waals surface area contributed by atoms with Gasteiger partial charge < -0.3 is 10.2 Å². The molecule has 0 radical (unpaired) electrons. The fraction of sp³-hybridized carbons (Fsp3) is 0.929. The Labute approximate surface area is 103 Å². The molecule has 2 aliphatic rings. The third kappa shape index (κ3) is 2.49. The van der Waals surface area contributed by atoms with Gasteiger partial charge in [0.2, 0.25) is 0 Å². The summed E-state index contributed by atoms with van der Waals surface area (Å²) < 4.78 is 0. The van der Waals surface area contributed by atoms with E-state index in [0.29, 0.717) is 11.8 Å². The van der Waals surface area contributed by atoms with Crippen LogP contribution in [0.5, 0.6) is 0 Å². The third-order valence-electron chi connectivity index (χ3n) is 4.93. The van der Waals surface area contributed by atoms with E-state index in [2.05, 4.69) is 0 Å². The van der Waals surface area contributed by atoms with E-state index in [4.69, 9.17) is 5.11 Å². The largest absolute Gasteiger partial charge is 0.481 e. The minimum atomic E-state index is -0.549. The number of aliphatic hydroxyl groups is 1. The molecule has 0 aromatic carbocycles. The molecule has 0 aromatic heterocycles. The standard InChI is InChI=1S/C14H24O3/c15-8-4-2-1-3-7-14(13(16)17)10-11-5-6-12(14)9-11/h11-12,15H,1-10H2,(H,16,17). The SMILES string of the molecule is O=C(O)C1(CCCCCCO)CC2CCC1C2. The van der Waals surface area contributed by atoms with Gasteiger partial charge >= 0.3 is 5.97 Å². The summed E-state index contributed by atoms with van der Waals surface area (Å²) >= 11 is 0. The molecule has 3 heteroatoms. The quantitative estimate of drug-likeness (QED) is 0.673. The van der Waals surface area contributed by atoms with Crippen molar-refractivity contribution in [3.05, 3.63) is 0 Å². The van der Waals surface area contributed by atoms with Crippen molar-refractivity contribution >= 4 is 5.97 Å². The van der Waals surface area contributed by atoms with Gasteiger partial charge in [0.1, 0.15) is 0 Å². The molecule has 2 bridgehead atoms. The minimum Gasteiger partial charge on any atom is -0.481 e. The van der Waals surface area contributed by atoms with Crippen LogP contribution >= 0.6 is 0 Å². The Morgan fingerprint density at radius 2 is 1.94 bits per heavy atom. The summed E-state index contributed by atoms with van der Waals surface area (Å²) in [7, 11) is 0. The minimum absolute atomic E-state index is 0.259. The highest BCUT2D eigenvalue weighted by Crippen LogP contribution is 2.58. The number of rotatable bonds is 7. The number of aliphatic hydroxyl groups excluding tert-OH is 1. The number of carboxylic acids is 1. The average molecular weight is 240 g/mol. The van der Waals surface area contributed by atoms with Crippen molar-refractivity contribution in [2.75, 3.05) is 6.61 Å². The molecule has 0 heterocycles. The van der Waals surface area contributed by atoms with E-state index in [0.717, 1.165) is 51.4 Å². The zero-order valence-electron chi connectivity index (χ0n) is 10.5. The zero-order valence-corrected chi connectivity index (χ0v) is 10.5. The first-order valence-corrected chi connectivity index (χ1v) is 7.03. The molecule has 2 rings (SSSR count). The van der Waals surface area contributed by atoms with E-state index in [1.165, 1.54) is 6.42 Å². The van der Waals surface area contributed by atoms with Gasteiger partial charge in [0.25, 0.3) is 0 Å². The van der Waals surface area contributed by atoms with Gasteiger partial charge in [-0.2, -0.15) is 0 Å². The molecule has 3 atom stereocenters. The number of hydrogen-bond donors (Lipinski definition) is 2. The molecule has 0 amide bonds. The number of aliphatic carboxylic acids is 1. The van der Waals surface area contributed by atoms with Crippen molar-refractivity contribution in [2.24, 2.45) is 17.3 Å². The average Bonchev–Trinajstić information content (AvgIpc) is 2.89. The van der Waals surface area contributed by atoms with Crippen molar-refractivity contribution in [3.63, 3.8) is 0 Å². The van der Waals surface area contributed by atoms with Crippen LogP contribution in [0.3, 0.4) is 0 Å². The maximum Gasteiger partial charge on any atom is 0.309 e. The Hall–Kier alpha value is -0.570. The van der Waals surface area contributed by atoms with Crippen molar-refractivity contribution in [3.8, 4) is 0 Å². The number of carbonyl (C=O) groups is 1. The topological polar surface area (TPSA) is 57.5 Å². The van der Waals surface area contributed by atoms with Gasteiger partial charge in [-0.1, -0.05) is 25.7 Å². The molecule has 17 heavy (non-hydrogen) atoms. The van der Waals surface area contributed by atoms with E-state index in [1.54, 1.807) is 0 Å². The summed E-state index contributed by atoms with van der Waals surface area (Å²) in [4.78, 5) is 11.6. The summed E-state index contributed by atoms with van der Waals surface area (Å²) in [6.07, 6.45) is 9.28. The second kappa shape index (κ2) is 5.38. The van der Waals surface area contributed by atoms with Crippen molar-refractivity contribution in [1.29, 1.82) is 0 Å². The molecule has 0 spiro atoms. The van der Waals surface area contributed by atoms with Gasteiger partial charge in [0.05, 0.1) is 5.41 Å². The van der Waals surface area contributed by atoms with Crippen LogP contribution in [-0.4, -0.2) is 22.8 Å². The highest BCUT2D eigenvalue weighted by Gasteiger charge is 2.54. The summed E-state index contributed by atoms with van der Waals surface area (Å²) in [6.45, 7) is 0.259. The Bertz CT molecular complexity index is 277. The van der Waals surface area contributed by atoms with Crippen LogP contribution in [0.15, 0.2) is 0 Å². The maximum absolute atomic E-state index is 11.6. The smallest absolute Gasteiger partial charge is 0.309 e. The molecule has 2 fully saturated rings.